The van der Waals surface area contributed by atoms with Gasteiger partial charge in [-0.15, -0.1) is 0 Å². The van der Waals surface area contributed by atoms with Crippen molar-refractivity contribution >= 4 is 5.91 Å². The van der Waals surface area contributed by atoms with E-state index in [2.05, 4.69) is 5.32 Å². The van der Waals surface area contributed by atoms with E-state index < -0.39 is 23.6 Å². The molecule has 0 bridgehead atoms. The van der Waals surface area contributed by atoms with Crippen molar-refractivity contribution in [3.63, 3.8) is 0 Å². The van der Waals surface area contributed by atoms with Gasteiger partial charge in [0, 0.05) is 18.2 Å². The molecule has 1 fully saturated rings. The van der Waals surface area contributed by atoms with Gasteiger partial charge in [-0.3, -0.25) is 4.79 Å². The Bertz CT molecular complexity index is 253. The van der Waals surface area contributed by atoms with Crippen LogP contribution in [0.1, 0.15) is 19.8 Å². The molecule has 1 amide bonds. The number of hydrogen-bond donors (Lipinski definition) is 1. The van der Waals surface area contributed by atoms with E-state index in [1.54, 1.807) is 6.92 Å². The quantitative estimate of drug-likeness (QED) is 0.705. The molecule has 0 spiro atoms. The van der Waals surface area contributed by atoms with Crippen molar-refractivity contribution in [2.45, 2.75) is 25.9 Å². The minimum absolute atomic E-state index is 0.338. The van der Waals surface area contributed by atoms with E-state index in [4.69, 9.17) is 0 Å². The molecule has 0 aromatic rings. The summed E-state index contributed by atoms with van der Waals surface area (Å²) in [6.07, 6.45) is -2.62. The SMILES string of the molecule is CCNC(=O)/C=C(\C1CC1)C(F)(F)F. The van der Waals surface area contributed by atoms with E-state index in [0.29, 0.717) is 25.5 Å². The number of likely N-dealkylation sites (N-methyl/N-ethyl adjacent to an activating group) is 1. The fourth-order valence-corrected chi connectivity index (χ4v) is 1.19. The molecule has 1 N–H and O–H groups in total. The van der Waals surface area contributed by atoms with Crippen molar-refractivity contribution in [2.24, 2.45) is 5.92 Å². The number of halogens is 3. The van der Waals surface area contributed by atoms with Gasteiger partial charge in [0.05, 0.1) is 0 Å². The normalized spacial score (nSPS) is 18.1. The highest BCUT2D eigenvalue weighted by molar-refractivity contribution is 5.88. The Labute approximate surface area is 80.2 Å². The maximum atomic E-state index is 12.4. The van der Waals surface area contributed by atoms with Crippen LogP contribution in [-0.2, 0) is 4.79 Å². The van der Waals surface area contributed by atoms with E-state index >= 15 is 0 Å². The van der Waals surface area contributed by atoms with Gasteiger partial charge >= 0.3 is 6.18 Å². The third-order valence-electron chi connectivity index (χ3n) is 1.98. The summed E-state index contributed by atoms with van der Waals surface area (Å²) in [4.78, 5) is 10.9. The Morgan fingerprint density at radius 3 is 2.43 bits per heavy atom. The molecule has 0 saturated heterocycles. The van der Waals surface area contributed by atoms with Gasteiger partial charge < -0.3 is 5.32 Å². The molecule has 0 aromatic carbocycles. The highest BCUT2D eigenvalue weighted by Crippen LogP contribution is 2.44. The van der Waals surface area contributed by atoms with Crippen molar-refractivity contribution in [1.82, 2.24) is 5.32 Å². The van der Waals surface area contributed by atoms with Crippen molar-refractivity contribution in [1.29, 1.82) is 0 Å². The second-order valence-electron chi connectivity index (χ2n) is 3.27. The lowest BCUT2D eigenvalue weighted by molar-refractivity contribution is -0.118. The molecule has 0 aromatic heterocycles. The van der Waals surface area contributed by atoms with E-state index in [-0.39, 0.29) is 0 Å². The number of rotatable bonds is 3. The van der Waals surface area contributed by atoms with Gasteiger partial charge in [-0.2, -0.15) is 13.2 Å². The molecule has 0 radical (unpaired) electrons. The summed E-state index contributed by atoms with van der Waals surface area (Å²) in [5.74, 6) is -1.12. The van der Waals surface area contributed by atoms with Crippen molar-refractivity contribution < 1.29 is 18.0 Å². The Balaban J connectivity index is 2.71. The third kappa shape index (κ3) is 3.05. The highest BCUT2D eigenvalue weighted by atomic mass is 19.4. The van der Waals surface area contributed by atoms with Crippen molar-refractivity contribution in [3.8, 4) is 0 Å². The summed E-state index contributed by atoms with van der Waals surface area (Å²) < 4.78 is 37.1. The first-order chi connectivity index (χ1) is 6.45. The van der Waals surface area contributed by atoms with Gasteiger partial charge in [-0.25, -0.2) is 0 Å². The van der Waals surface area contributed by atoms with Gasteiger partial charge in [0.2, 0.25) is 5.91 Å². The zero-order chi connectivity index (χ0) is 10.8. The van der Waals surface area contributed by atoms with Gasteiger partial charge in [0.15, 0.2) is 0 Å². The van der Waals surface area contributed by atoms with Crippen LogP contribution in [-0.4, -0.2) is 18.6 Å². The molecular weight excluding hydrogens is 195 g/mol. The number of hydrogen-bond acceptors (Lipinski definition) is 1. The Hall–Kier alpha value is -1.00. The molecule has 14 heavy (non-hydrogen) atoms. The fourth-order valence-electron chi connectivity index (χ4n) is 1.19. The fraction of sp³-hybridized carbons (Fsp3) is 0.667. The Morgan fingerprint density at radius 1 is 1.50 bits per heavy atom. The number of carbonyl (C=O) groups is 1. The number of nitrogens with one attached hydrogen (secondary N) is 1. The summed E-state index contributed by atoms with van der Waals surface area (Å²) in [6, 6.07) is 0. The lowest BCUT2D eigenvalue weighted by Crippen LogP contribution is -2.23. The number of amides is 1. The molecule has 0 unspecified atom stereocenters. The lowest BCUT2D eigenvalue weighted by Gasteiger charge is -2.10. The second kappa shape index (κ2) is 4.02. The van der Waals surface area contributed by atoms with Gasteiger partial charge in [-0.05, 0) is 25.7 Å². The maximum absolute atomic E-state index is 12.4. The molecule has 0 heterocycles. The summed E-state index contributed by atoms with van der Waals surface area (Å²) >= 11 is 0. The lowest BCUT2D eigenvalue weighted by atomic mass is 10.1. The number of carbonyl (C=O) groups excluding carboxylic acids is 1. The molecule has 1 saturated carbocycles. The van der Waals surface area contributed by atoms with Crippen LogP contribution in [0.15, 0.2) is 11.6 Å². The minimum Gasteiger partial charge on any atom is -0.353 e. The first-order valence-electron chi connectivity index (χ1n) is 4.51. The number of allylic oxidation sites excluding steroid dienone is 1. The van der Waals surface area contributed by atoms with Crippen LogP contribution in [0.3, 0.4) is 0 Å². The maximum Gasteiger partial charge on any atom is 0.413 e. The molecular formula is C9H12F3NO. The standard InChI is InChI=1S/C9H12F3NO/c1-2-13-8(14)5-7(6-3-4-6)9(10,11)12/h5-6H,2-4H2,1H3,(H,13,14)/b7-5+. The Kier molecular flexibility index (Phi) is 3.18. The topological polar surface area (TPSA) is 29.1 Å². The molecule has 2 nitrogen and oxygen atoms in total. The van der Waals surface area contributed by atoms with Crippen LogP contribution < -0.4 is 5.32 Å². The Morgan fingerprint density at radius 2 is 2.07 bits per heavy atom. The summed E-state index contributed by atoms with van der Waals surface area (Å²) in [6.45, 7) is 2.00. The summed E-state index contributed by atoms with van der Waals surface area (Å²) in [7, 11) is 0. The summed E-state index contributed by atoms with van der Waals surface area (Å²) in [5, 5.41) is 2.32. The van der Waals surface area contributed by atoms with Crippen LogP contribution in [0.2, 0.25) is 0 Å². The number of alkyl halides is 3. The van der Waals surface area contributed by atoms with Crippen LogP contribution in [0, 0.1) is 5.92 Å². The van der Waals surface area contributed by atoms with Gasteiger partial charge in [0.1, 0.15) is 0 Å². The second-order valence-corrected chi connectivity index (χ2v) is 3.27. The summed E-state index contributed by atoms with van der Waals surface area (Å²) in [5.41, 5.74) is -0.691. The van der Waals surface area contributed by atoms with Crippen LogP contribution in [0.25, 0.3) is 0 Å². The molecule has 80 valence electrons. The van der Waals surface area contributed by atoms with Gasteiger partial charge in [0.25, 0.3) is 0 Å². The molecule has 0 aliphatic heterocycles. The van der Waals surface area contributed by atoms with Crippen LogP contribution in [0.4, 0.5) is 13.2 Å². The molecule has 1 rings (SSSR count). The van der Waals surface area contributed by atoms with Crippen LogP contribution >= 0.6 is 0 Å². The smallest absolute Gasteiger partial charge is 0.353 e. The first kappa shape index (κ1) is 11.1. The molecule has 0 atom stereocenters. The average Bonchev–Trinajstić information content (AvgIpc) is 2.81. The van der Waals surface area contributed by atoms with Crippen molar-refractivity contribution in [3.05, 3.63) is 11.6 Å². The minimum atomic E-state index is -4.37. The highest BCUT2D eigenvalue weighted by Gasteiger charge is 2.43. The zero-order valence-electron chi connectivity index (χ0n) is 7.82. The van der Waals surface area contributed by atoms with E-state index in [1.807, 2.05) is 0 Å². The van der Waals surface area contributed by atoms with Crippen molar-refractivity contribution in [2.75, 3.05) is 6.54 Å². The molecule has 1 aliphatic rings. The molecule has 1 aliphatic carbocycles. The monoisotopic (exact) mass is 207 g/mol. The van der Waals surface area contributed by atoms with E-state index in [9.17, 15) is 18.0 Å². The molecule has 5 heteroatoms. The predicted molar refractivity (Wildman–Crippen MR) is 45.5 cm³/mol. The van der Waals surface area contributed by atoms with Gasteiger partial charge in [-0.1, -0.05) is 0 Å². The van der Waals surface area contributed by atoms with E-state index in [1.165, 1.54) is 0 Å². The van der Waals surface area contributed by atoms with E-state index in [0.717, 1.165) is 0 Å². The third-order valence-corrected chi connectivity index (χ3v) is 1.98. The average molecular weight is 207 g/mol. The first-order valence-corrected chi connectivity index (χ1v) is 4.51. The van der Waals surface area contributed by atoms with Crippen LogP contribution in [0.5, 0.6) is 0 Å². The zero-order valence-corrected chi connectivity index (χ0v) is 7.82. The largest absolute Gasteiger partial charge is 0.413 e. The predicted octanol–water partition coefficient (Wildman–Crippen LogP) is 2.02.